The fourth-order valence-corrected chi connectivity index (χ4v) is 2.90. The van der Waals surface area contributed by atoms with Gasteiger partial charge in [-0.2, -0.15) is 0 Å². The maximum absolute atomic E-state index is 13.6. The highest BCUT2D eigenvalue weighted by Crippen LogP contribution is 2.18. The van der Waals surface area contributed by atoms with Crippen LogP contribution in [0.15, 0.2) is 48.8 Å². The second-order valence-electron chi connectivity index (χ2n) is 6.33. The molecule has 3 heterocycles. The quantitative estimate of drug-likeness (QED) is 0.734. The van der Waals surface area contributed by atoms with E-state index in [9.17, 15) is 9.18 Å². The third-order valence-electron chi connectivity index (χ3n) is 4.39. The molecule has 0 N–H and O–H groups in total. The number of rotatable bonds is 4. The number of halogens is 1. The number of aromatic nitrogens is 2. The number of likely N-dealkylation sites (tertiary alicyclic amines) is 1. The lowest BCUT2D eigenvalue weighted by Crippen LogP contribution is -2.54. The smallest absolute Gasteiger partial charge is 0.274 e. The summed E-state index contributed by atoms with van der Waals surface area (Å²) in [5, 5.41) is 0. The summed E-state index contributed by atoms with van der Waals surface area (Å²) in [7, 11) is 0. The minimum Gasteiger partial charge on any atom is -0.370 e. The summed E-state index contributed by atoms with van der Waals surface area (Å²) < 4.78 is 21.1. The molecule has 128 valence electrons. The Morgan fingerprint density at radius 2 is 2.04 bits per heavy atom. The van der Waals surface area contributed by atoms with Gasteiger partial charge in [-0.05, 0) is 24.6 Å². The number of carbonyl (C=O) groups is 1. The maximum Gasteiger partial charge on any atom is 0.274 e. The Labute approximate surface area is 144 Å². The van der Waals surface area contributed by atoms with Gasteiger partial charge in [-0.3, -0.25) is 4.79 Å². The van der Waals surface area contributed by atoms with Crippen molar-refractivity contribution >= 4 is 11.6 Å². The molecular formula is C19H18FN3O2. The van der Waals surface area contributed by atoms with Crippen molar-refractivity contribution in [2.45, 2.75) is 19.6 Å². The summed E-state index contributed by atoms with van der Waals surface area (Å²) in [4.78, 5) is 18.6. The summed E-state index contributed by atoms with van der Waals surface area (Å²) in [6, 6.07) is 10.4. The number of fused-ring (bicyclic) bond motifs is 1. The van der Waals surface area contributed by atoms with Gasteiger partial charge in [0.2, 0.25) is 0 Å². The van der Waals surface area contributed by atoms with Crippen molar-refractivity contribution in [1.29, 1.82) is 0 Å². The molecule has 2 aromatic heterocycles. The standard InChI is InChI=1S/C19H18FN3O2/c1-13-6-7-18-21-17(11-22(18)8-13)19(24)23-9-15(10-23)25-12-14-4-2-3-5-16(14)20/h2-8,11,15H,9-10,12H2,1H3. The number of nitrogens with zero attached hydrogens (tertiary/aromatic N) is 3. The van der Waals surface area contributed by atoms with Crippen LogP contribution < -0.4 is 0 Å². The monoisotopic (exact) mass is 339 g/mol. The van der Waals surface area contributed by atoms with Crippen molar-refractivity contribution in [3.63, 3.8) is 0 Å². The number of pyridine rings is 1. The highest BCUT2D eigenvalue weighted by molar-refractivity contribution is 5.93. The van der Waals surface area contributed by atoms with Crippen LogP contribution in [0, 0.1) is 12.7 Å². The van der Waals surface area contributed by atoms with Gasteiger partial charge in [0.15, 0.2) is 0 Å². The average Bonchev–Trinajstić information content (AvgIpc) is 2.97. The maximum atomic E-state index is 13.6. The van der Waals surface area contributed by atoms with Gasteiger partial charge in [0, 0.05) is 31.0 Å². The zero-order chi connectivity index (χ0) is 17.4. The van der Waals surface area contributed by atoms with E-state index in [0.717, 1.165) is 11.2 Å². The summed E-state index contributed by atoms with van der Waals surface area (Å²) in [6.45, 7) is 3.21. The van der Waals surface area contributed by atoms with E-state index in [1.54, 1.807) is 29.3 Å². The molecule has 5 nitrogen and oxygen atoms in total. The molecule has 25 heavy (non-hydrogen) atoms. The summed E-state index contributed by atoms with van der Waals surface area (Å²) in [5.41, 5.74) is 2.82. The van der Waals surface area contributed by atoms with E-state index in [-0.39, 0.29) is 24.4 Å². The molecule has 1 aliphatic rings. The fourth-order valence-electron chi connectivity index (χ4n) is 2.90. The number of ether oxygens (including phenoxy) is 1. The lowest BCUT2D eigenvalue weighted by Gasteiger charge is -2.38. The average molecular weight is 339 g/mol. The molecule has 0 unspecified atom stereocenters. The van der Waals surface area contributed by atoms with Crippen LogP contribution in [0.2, 0.25) is 0 Å². The van der Waals surface area contributed by atoms with Crippen LogP contribution >= 0.6 is 0 Å². The second-order valence-corrected chi connectivity index (χ2v) is 6.33. The van der Waals surface area contributed by atoms with Crippen LogP contribution in [0.3, 0.4) is 0 Å². The van der Waals surface area contributed by atoms with E-state index < -0.39 is 0 Å². The van der Waals surface area contributed by atoms with E-state index in [2.05, 4.69) is 4.98 Å². The number of carbonyl (C=O) groups excluding carboxylic acids is 1. The van der Waals surface area contributed by atoms with E-state index >= 15 is 0 Å². The Kier molecular flexibility index (Phi) is 3.97. The van der Waals surface area contributed by atoms with Crippen LogP contribution in [0.4, 0.5) is 4.39 Å². The summed E-state index contributed by atoms with van der Waals surface area (Å²) >= 11 is 0. The number of hydrogen-bond donors (Lipinski definition) is 0. The van der Waals surface area contributed by atoms with Crippen molar-refractivity contribution in [2.75, 3.05) is 13.1 Å². The van der Waals surface area contributed by atoms with Crippen molar-refractivity contribution in [3.05, 3.63) is 71.4 Å². The Morgan fingerprint density at radius 1 is 1.24 bits per heavy atom. The minimum absolute atomic E-state index is 0.0668. The van der Waals surface area contributed by atoms with Crippen LogP contribution in [0.25, 0.3) is 5.65 Å². The Balaban J connectivity index is 1.35. The molecule has 0 bridgehead atoms. The number of aryl methyl sites for hydroxylation is 1. The zero-order valence-electron chi connectivity index (χ0n) is 13.9. The molecule has 4 rings (SSSR count). The van der Waals surface area contributed by atoms with Gasteiger partial charge in [0.05, 0.1) is 12.7 Å². The van der Waals surface area contributed by atoms with Gasteiger partial charge in [0.25, 0.3) is 5.91 Å². The molecule has 0 aliphatic carbocycles. The predicted octanol–water partition coefficient (Wildman–Crippen LogP) is 2.82. The Morgan fingerprint density at radius 3 is 2.84 bits per heavy atom. The van der Waals surface area contributed by atoms with Crippen molar-refractivity contribution in [3.8, 4) is 0 Å². The highest BCUT2D eigenvalue weighted by Gasteiger charge is 2.33. The van der Waals surface area contributed by atoms with Crippen LogP contribution in [0.1, 0.15) is 21.6 Å². The highest BCUT2D eigenvalue weighted by atomic mass is 19.1. The van der Waals surface area contributed by atoms with Crippen molar-refractivity contribution < 1.29 is 13.9 Å². The number of benzene rings is 1. The first-order valence-corrected chi connectivity index (χ1v) is 8.20. The van der Waals surface area contributed by atoms with E-state index in [1.165, 1.54) is 6.07 Å². The van der Waals surface area contributed by atoms with Crippen molar-refractivity contribution in [1.82, 2.24) is 14.3 Å². The number of imidazole rings is 1. The molecule has 1 amide bonds. The zero-order valence-corrected chi connectivity index (χ0v) is 13.9. The fraction of sp³-hybridized carbons (Fsp3) is 0.263. The number of amides is 1. The van der Waals surface area contributed by atoms with Gasteiger partial charge >= 0.3 is 0 Å². The normalized spacial score (nSPS) is 14.7. The van der Waals surface area contributed by atoms with E-state index in [1.807, 2.05) is 29.7 Å². The first kappa shape index (κ1) is 15.8. The molecular weight excluding hydrogens is 321 g/mol. The largest absolute Gasteiger partial charge is 0.370 e. The van der Waals surface area contributed by atoms with Crippen LogP contribution in [-0.4, -0.2) is 39.4 Å². The molecule has 0 radical (unpaired) electrons. The van der Waals surface area contributed by atoms with E-state index in [0.29, 0.717) is 24.3 Å². The molecule has 1 aromatic carbocycles. The molecule has 1 saturated heterocycles. The summed E-state index contributed by atoms with van der Waals surface area (Å²) in [6.07, 6.45) is 3.62. The lowest BCUT2D eigenvalue weighted by atomic mass is 10.1. The topological polar surface area (TPSA) is 46.8 Å². The third kappa shape index (κ3) is 3.13. The van der Waals surface area contributed by atoms with Crippen LogP contribution in [0.5, 0.6) is 0 Å². The minimum atomic E-state index is -0.269. The third-order valence-corrected chi connectivity index (χ3v) is 4.39. The predicted molar refractivity (Wildman–Crippen MR) is 90.8 cm³/mol. The Hall–Kier alpha value is -2.73. The van der Waals surface area contributed by atoms with E-state index in [4.69, 9.17) is 4.74 Å². The first-order valence-electron chi connectivity index (χ1n) is 8.20. The molecule has 1 fully saturated rings. The first-order chi connectivity index (χ1) is 12.1. The molecule has 3 aromatic rings. The SMILES string of the molecule is Cc1ccc2nc(C(=O)N3CC(OCc4ccccc4F)C3)cn2c1. The van der Waals surface area contributed by atoms with Crippen LogP contribution in [-0.2, 0) is 11.3 Å². The second kappa shape index (κ2) is 6.29. The van der Waals surface area contributed by atoms with Gasteiger partial charge in [0.1, 0.15) is 17.2 Å². The molecule has 0 saturated carbocycles. The number of hydrogen-bond acceptors (Lipinski definition) is 3. The molecule has 0 atom stereocenters. The van der Waals surface area contributed by atoms with Gasteiger partial charge in [-0.15, -0.1) is 0 Å². The van der Waals surface area contributed by atoms with Gasteiger partial charge < -0.3 is 14.0 Å². The lowest BCUT2D eigenvalue weighted by molar-refractivity contribution is -0.0511. The molecule has 1 aliphatic heterocycles. The van der Waals surface area contributed by atoms with Crippen molar-refractivity contribution in [2.24, 2.45) is 0 Å². The van der Waals surface area contributed by atoms with Gasteiger partial charge in [-0.25, -0.2) is 9.37 Å². The Bertz CT molecular complexity index is 931. The van der Waals surface area contributed by atoms with Gasteiger partial charge in [-0.1, -0.05) is 24.3 Å². The molecule has 6 heteroatoms. The summed E-state index contributed by atoms with van der Waals surface area (Å²) in [5.74, 6) is -0.373. The molecule has 0 spiro atoms.